The monoisotopic (exact) mass is 521 g/mol. The van der Waals surface area contributed by atoms with Crippen LogP contribution < -0.4 is 11.2 Å². The molecule has 5 rings (SSSR count). The molecule has 0 saturated carbocycles. The van der Waals surface area contributed by atoms with Gasteiger partial charge in [0.25, 0.3) is 17.4 Å². The van der Waals surface area contributed by atoms with Crippen molar-refractivity contribution in [2.75, 3.05) is 13.2 Å². The summed E-state index contributed by atoms with van der Waals surface area (Å²) in [5.41, 5.74) is -0.899. The number of hydrogen-bond donors (Lipinski definition) is 3. The zero-order valence-electron chi connectivity index (χ0n) is 19.9. The lowest BCUT2D eigenvalue weighted by Crippen LogP contribution is -2.54. The second kappa shape index (κ2) is 10.2. The van der Waals surface area contributed by atoms with Crippen molar-refractivity contribution in [1.82, 2.24) is 14.5 Å². The summed E-state index contributed by atoms with van der Waals surface area (Å²) in [6.45, 7) is -0.506. The summed E-state index contributed by atoms with van der Waals surface area (Å²) in [5, 5.41) is 20.7. The average Bonchev–Trinajstić information content (AvgIpc) is 3.16. The van der Waals surface area contributed by atoms with Gasteiger partial charge in [0.2, 0.25) is 0 Å². The molecule has 0 aliphatic carbocycles. The van der Waals surface area contributed by atoms with E-state index in [0.29, 0.717) is 0 Å². The third-order valence-electron chi connectivity index (χ3n) is 6.50. The van der Waals surface area contributed by atoms with E-state index < -0.39 is 53.6 Å². The van der Waals surface area contributed by atoms with E-state index in [1.807, 2.05) is 0 Å². The summed E-state index contributed by atoms with van der Waals surface area (Å²) < 4.78 is 11.9. The number of aromatic amines is 1. The van der Waals surface area contributed by atoms with Gasteiger partial charge in [-0.2, -0.15) is 0 Å². The van der Waals surface area contributed by atoms with E-state index in [1.165, 1.54) is 12.1 Å². The van der Waals surface area contributed by atoms with Crippen LogP contribution in [0.3, 0.4) is 0 Å². The van der Waals surface area contributed by atoms with E-state index in [1.54, 1.807) is 42.5 Å². The van der Waals surface area contributed by atoms with E-state index >= 15 is 0 Å². The van der Waals surface area contributed by atoms with Gasteiger partial charge in [0.1, 0.15) is 12.2 Å². The van der Waals surface area contributed by atoms with E-state index in [9.17, 15) is 34.2 Å². The number of esters is 1. The molecule has 1 fully saturated rings. The number of aliphatic hydroxyl groups excluding tert-OH is 2. The number of fused-ring (bicyclic) bond motifs is 1. The molecular formula is C26H23N3O9. The topological polar surface area (TPSA) is 168 Å². The van der Waals surface area contributed by atoms with Crippen LogP contribution in [0.5, 0.6) is 0 Å². The fourth-order valence-electron chi connectivity index (χ4n) is 4.48. The van der Waals surface area contributed by atoms with Crippen molar-refractivity contribution in [3.63, 3.8) is 0 Å². The average molecular weight is 521 g/mol. The molecule has 3 heterocycles. The normalized spacial score (nSPS) is 22.8. The van der Waals surface area contributed by atoms with Gasteiger partial charge < -0.3 is 19.7 Å². The summed E-state index contributed by atoms with van der Waals surface area (Å²) in [7, 11) is 0. The first-order valence-electron chi connectivity index (χ1n) is 11.8. The van der Waals surface area contributed by atoms with Crippen LogP contribution in [0, 0.1) is 0 Å². The van der Waals surface area contributed by atoms with Gasteiger partial charge in [0.05, 0.1) is 23.3 Å². The number of rotatable bonds is 6. The van der Waals surface area contributed by atoms with Crippen molar-refractivity contribution in [3.8, 4) is 0 Å². The maximum absolute atomic E-state index is 12.7. The number of nitrogens with zero attached hydrogens (tertiary/aromatic N) is 2. The molecule has 2 aliphatic heterocycles. The maximum Gasteiger partial charge on any atom is 0.338 e. The number of carbonyl (C=O) groups is 3. The number of imide groups is 1. The largest absolute Gasteiger partial charge is 0.451 e. The number of benzene rings is 2. The first kappa shape index (κ1) is 25.3. The minimum Gasteiger partial charge on any atom is -0.451 e. The van der Waals surface area contributed by atoms with Crippen LogP contribution in [0.25, 0.3) is 0 Å². The fourth-order valence-corrected chi connectivity index (χ4v) is 4.48. The van der Waals surface area contributed by atoms with Crippen molar-refractivity contribution >= 4 is 17.8 Å². The van der Waals surface area contributed by atoms with Crippen molar-refractivity contribution in [2.45, 2.75) is 31.0 Å². The maximum atomic E-state index is 12.7. The van der Waals surface area contributed by atoms with Crippen LogP contribution in [-0.4, -0.2) is 73.9 Å². The Bertz CT molecular complexity index is 1480. The predicted octanol–water partition coefficient (Wildman–Crippen LogP) is -0.148. The van der Waals surface area contributed by atoms with Gasteiger partial charge in [-0.1, -0.05) is 30.3 Å². The summed E-state index contributed by atoms with van der Waals surface area (Å²) >= 11 is 0. The third-order valence-corrected chi connectivity index (χ3v) is 6.50. The molecule has 2 aliphatic rings. The lowest BCUT2D eigenvalue weighted by Gasteiger charge is -2.38. The number of H-pyrrole nitrogens is 1. The zero-order chi connectivity index (χ0) is 27.0. The lowest BCUT2D eigenvalue weighted by molar-refractivity contribution is -0.212. The molecule has 196 valence electrons. The van der Waals surface area contributed by atoms with Crippen LogP contribution in [-0.2, 0) is 15.9 Å². The molecule has 0 radical (unpaired) electrons. The number of nitrogens with one attached hydrogen (secondary N) is 1. The smallest absolute Gasteiger partial charge is 0.338 e. The Hall–Kier alpha value is -4.39. The molecule has 0 bridgehead atoms. The minimum absolute atomic E-state index is 0.0403. The first-order valence-corrected chi connectivity index (χ1v) is 11.8. The second-order valence-electron chi connectivity index (χ2n) is 8.90. The van der Waals surface area contributed by atoms with Crippen molar-refractivity contribution in [2.24, 2.45) is 0 Å². The van der Waals surface area contributed by atoms with Gasteiger partial charge in [-0.05, 0) is 30.7 Å². The number of amides is 2. The molecule has 4 atom stereocenters. The van der Waals surface area contributed by atoms with Gasteiger partial charge in [-0.25, -0.2) is 9.59 Å². The quantitative estimate of drug-likeness (QED) is 0.295. The van der Waals surface area contributed by atoms with Gasteiger partial charge in [0, 0.05) is 18.3 Å². The van der Waals surface area contributed by atoms with Gasteiger partial charge in [0.15, 0.2) is 12.3 Å². The van der Waals surface area contributed by atoms with E-state index in [2.05, 4.69) is 4.98 Å². The van der Waals surface area contributed by atoms with E-state index in [-0.39, 0.29) is 41.8 Å². The SMILES string of the molecule is O=C(O[C@@H]1[C@H](O)[C@H](O)CO[C@H]1n1cc(CCN2C(=O)c3ccccc3C2=O)c(=O)[nH]c1=O)c1ccccc1. The highest BCUT2D eigenvalue weighted by Crippen LogP contribution is 2.27. The van der Waals surface area contributed by atoms with E-state index in [4.69, 9.17) is 9.47 Å². The summed E-state index contributed by atoms with van der Waals surface area (Å²) in [6, 6.07) is 14.3. The Morgan fingerprint density at radius 3 is 2.26 bits per heavy atom. The molecule has 2 amide bonds. The molecule has 1 saturated heterocycles. The molecule has 3 aromatic rings. The molecule has 0 unspecified atom stereocenters. The minimum atomic E-state index is -1.60. The molecule has 2 aromatic carbocycles. The highest BCUT2D eigenvalue weighted by atomic mass is 16.6. The summed E-state index contributed by atoms with van der Waals surface area (Å²) in [4.78, 5) is 66.4. The van der Waals surface area contributed by atoms with E-state index in [0.717, 1.165) is 15.7 Å². The molecule has 3 N–H and O–H groups in total. The zero-order valence-corrected chi connectivity index (χ0v) is 19.9. The third kappa shape index (κ3) is 4.56. The first-order chi connectivity index (χ1) is 18.3. The number of hydrogen-bond acceptors (Lipinski definition) is 9. The molecule has 12 heteroatoms. The van der Waals surface area contributed by atoms with Crippen LogP contribution in [0.2, 0.25) is 0 Å². The fraction of sp³-hybridized carbons (Fsp3) is 0.269. The Labute approximate surface area is 214 Å². The Morgan fingerprint density at radius 2 is 1.61 bits per heavy atom. The highest BCUT2D eigenvalue weighted by Gasteiger charge is 2.43. The molecule has 0 spiro atoms. The van der Waals surface area contributed by atoms with Crippen molar-refractivity contribution in [1.29, 1.82) is 0 Å². The Morgan fingerprint density at radius 1 is 0.974 bits per heavy atom. The number of aromatic nitrogens is 2. The van der Waals surface area contributed by atoms with Crippen molar-refractivity contribution in [3.05, 3.63) is 104 Å². The van der Waals surface area contributed by atoms with Crippen LogP contribution >= 0.6 is 0 Å². The van der Waals surface area contributed by atoms with Crippen LogP contribution in [0.4, 0.5) is 0 Å². The number of carbonyl (C=O) groups excluding carboxylic acids is 3. The van der Waals surface area contributed by atoms with Gasteiger partial charge in [-0.3, -0.25) is 28.8 Å². The van der Waals surface area contributed by atoms with Gasteiger partial charge in [-0.15, -0.1) is 0 Å². The van der Waals surface area contributed by atoms with Crippen LogP contribution in [0.15, 0.2) is 70.4 Å². The van der Waals surface area contributed by atoms with Crippen LogP contribution in [0.1, 0.15) is 42.9 Å². The Balaban J connectivity index is 1.40. The number of aliphatic hydroxyl groups is 2. The van der Waals surface area contributed by atoms with Crippen molar-refractivity contribution < 1.29 is 34.1 Å². The highest BCUT2D eigenvalue weighted by molar-refractivity contribution is 6.21. The van der Waals surface area contributed by atoms with Gasteiger partial charge >= 0.3 is 11.7 Å². The second-order valence-corrected chi connectivity index (χ2v) is 8.90. The standard InChI is InChI=1S/C26H23N3O9/c30-18-13-37-24(20(19(18)31)38-25(35)14-6-2-1-3-7-14)29-12-15(21(32)27-26(29)36)10-11-28-22(33)16-8-4-5-9-17(16)23(28)34/h1-9,12,18-20,24,30-31H,10-11,13H2,(H,27,32,36)/t18-,19-,20-,24-/m1/s1. The molecule has 1 aromatic heterocycles. The molecule has 38 heavy (non-hydrogen) atoms. The summed E-state index contributed by atoms with van der Waals surface area (Å²) in [5.74, 6) is -1.80. The Kier molecular flexibility index (Phi) is 6.76. The number of ether oxygens (including phenoxy) is 2. The summed E-state index contributed by atoms with van der Waals surface area (Å²) in [6.07, 6.45) is -4.80. The molecular weight excluding hydrogens is 498 g/mol. The molecule has 12 nitrogen and oxygen atoms in total. The lowest BCUT2D eigenvalue weighted by atomic mass is 10.0. The predicted molar refractivity (Wildman–Crippen MR) is 129 cm³/mol.